The predicted molar refractivity (Wildman–Crippen MR) is 22.7 cm³/mol. The molecule has 6 heteroatoms. The molecule has 2 unspecified atom stereocenters. The standard InChI is InChI=1S/C4H5F5O/c1-2(5)3(6,10)4(7,8)9/h2,10H,1H3. The second-order valence-corrected chi connectivity index (χ2v) is 1.79. The van der Waals surface area contributed by atoms with E-state index in [-0.39, 0.29) is 6.92 Å². The Kier molecular flexibility index (Phi) is 2.24. The van der Waals surface area contributed by atoms with Gasteiger partial charge in [0.05, 0.1) is 0 Å². The van der Waals surface area contributed by atoms with E-state index in [1.54, 1.807) is 0 Å². The molecule has 0 heterocycles. The van der Waals surface area contributed by atoms with Gasteiger partial charge < -0.3 is 5.11 Å². The number of halogens is 5. The first-order valence-electron chi connectivity index (χ1n) is 2.31. The van der Waals surface area contributed by atoms with E-state index in [9.17, 15) is 22.0 Å². The molecule has 1 nitrogen and oxygen atoms in total. The number of rotatable bonds is 1. The fourth-order valence-electron chi connectivity index (χ4n) is 0.226. The minimum Gasteiger partial charge on any atom is -0.353 e. The Morgan fingerprint density at radius 3 is 1.50 bits per heavy atom. The predicted octanol–water partition coefficient (Wildman–Crippen LogP) is 1.56. The summed E-state index contributed by atoms with van der Waals surface area (Å²) in [5.74, 6) is -4.73. The van der Waals surface area contributed by atoms with Crippen LogP contribution in [0.15, 0.2) is 0 Å². The molecule has 0 aliphatic heterocycles. The summed E-state index contributed by atoms with van der Waals surface area (Å²) in [5, 5.41) is 7.76. The van der Waals surface area contributed by atoms with E-state index in [1.807, 2.05) is 0 Å². The zero-order valence-corrected chi connectivity index (χ0v) is 4.91. The molecule has 2 atom stereocenters. The average molecular weight is 164 g/mol. The maximum atomic E-state index is 11.8. The van der Waals surface area contributed by atoms with E-state index in [4.69, 9.17) is 5.11 Å². The zero-order chi connectivity index (χ0) is 8.58. The highest BCUT2D eigenvalue weighted by Gasteiger charge is 2.59. The lowest BCUT2D eigenvalue weighted by Crippen LogP contribution is -2.47. The summed E-state index contributed by atoms with van der Waals surface area (Å²) in [5.41, 5.74) is 0. The van der Waals surface area contributed by atoms with Crippen LogP contribution in [-0.2, 0) is 0 Å². The Hall–Kier alpha value is -0.390. The van der Waals surface area contributed by atoms with Crippen LogP contribution in [0, 0.1) is 0 Å². The maximum absolute atomic E-state index is 11.8. The summed E-state index contributed by atoms with van der Waals surface area (Å²) < 4.78 is 57.1. The Morgan fingerprint density at radius 1 is 1.20 bits per heavy atom. The summed E-state index contributed by atoms with van der Waals surface area (Å²) >= 11 is 0. The lowest BCUT2D eigenvalue weighted by molar-refractivity contribution is -0.333. The minimum absolute atomic E-state index is 0.285. The van der Waals surface area contributed by atoms with Crippen LogP contribution >= 0.6 is 0 Å². The van der Waals surface area contributed by atoms with Crippen molar-refractivity contribution in [1.82, 2.24) is 0 Å². The van der Waals surface area contributed by atoms with Gasteiger partial charge in [-0.1, -0.05) is 0 Å². The molecule has 0 aromatic carbocycles. The summed E-state index contributed by atoms with van der Waals surface area (Å²) in [7, 11) is 0. The summed E-state index contributed by atoms with van der Waals surface area (Å²) in [6.07, 6.45) is -8.55. The van der Waals surface area contributed by atoms with Gasteiger partial charge in [-0.25, -0.2) is 4.39 Å². The second kappa shape index (κ2) is 2.34. The number of hydrogen-bond donors (Lipinski definition) is 1. The van der Waals surface area contributed by atoms with E-state index in [0.29, 0.717) is 0 Å². The van der Waals surface area contributed by atoms with E-state index < -0.39 is 18.2 Å². The zero-order valence-electron chi connectivity index (χ0n) is 4.91. The number of aliphatic hydroxyl groups is 1. The van der Waals surface area contributed by atoms with Gasteiger partial charge in [0.25, 0.3) is 0 Å². The average Bonchev–Trinajstić information content (AvgIpc) is 1.62. The minimum atomic E-state index is -5.57. The normalized spacial score (nSPS) is 21.9. The van der Waals surface area contributed by atoms with E-state index >= 15 is 0 Å². The SMILES string of the molecule is CC(F)C(O)(F)C(F)(F)F. The molecular formula is C4H5F5O. The van der Waals surface area contributed by atoms with Gasteiger partial charge in [0, 0.05) is 0 Å². The monoisotopic (exact) mass is 164 g/mol. The third-order valence-corrected chi connectivity index (χ3v) is 0.925. The largest absolute Gasteiger partial charge is 0.451 e. The Balaban J connectivity index is 4.40. The Bertz CT molecular complexity index is 115. The van der Waals surface area contributed by atoms with Gasteiger partial charge in [-0.2, -0.15) is 17.6 Å². The van der Waals surface area contributed by atoms with Gasteiger partial charge in [0.1, 0.15) is 0 Å². The van der Waals surface area contributed by atoms with Gasteiger partial charge in [0.15, 0.2) is 6.17 Å². The van der Waals surface area contributed by atoms with E-state index in [0.717, 1.165) is 0 Å². The summed E-state index contributed by atoms with van der Waals surface area (Å²) in [6, 6.07) is 0. The van der Waals surface area contributed by atoms with Gasteiger partial charge in [-0.15, -0.1) is 0 Å². The molecule has 0 saturated carbocycles. The van der Waals surface area contributed by atoms with Crippen molar-refractivity contribution in [3.05, 3.63) is 0 Å². The van der Waals surface area contributed by atoms with Crippen molar-refractivity contribution in [1.29, 1.82) is 0 Å². The molecular weight excluding hydrogens is 159 g/mol. The molecule has 0 fully saturated rings. The second-order valence-electron chi connectivity index (χ2n) is 1.79. The number of alkyl halides is 5. The third-order valence-electron chi connectivity index (χ3n) is 0.925. The molecule has 62 valence electrons. The van der Waals surface area contributed by atoms with Gasteiger partial charge in [-0.05, 0) is 6.92 Å². The molecule has 0 radical (unpaired) electrons. The molecule has 0 aliphatic carbocycles. The van der Waals surface area contributed by atoms with Crippen molar-refractivity contribution in [2.45, 2.75) is 25.1 Å². The maximum Gasteiger partial charge on any atom is 0.451 e. The first-order chi connectivity index (χ1) is 4.19. The molecule has 0 bridgehead atoms. The van der Waals surface area contributed by atoms with Gasteiger partial charge >= 0.3 is 12.0 Å². The highest BCUT2D eigenvalue weighted by molar-refractivity contribution is 4.80. The Labute approximate surface area is 53.5 Å². The smallest absolute Gasteiger partial charge is 0.353 e. The molecule has 0 aliphatic rings. The quantitative estimate of drug-likeness (QED) is 0.583. The summed E-state index contributed by atoms with van der Waals surface area (Å²) in [6.45, 7) is 0.285. The molecule has 0 amide bonds. The van der Waals surface area contributed by atoms with Crippen molar-refractivity contribution in [2.75, 3.05) is 0 Å². The fraction of sp³-hybridized carbons (Fsp3) is 1.00. The van der Waals surface area contributed by atoms with Crippen molar-refractivity contribution >= 4 is 0 Å². The lowest BCUT2D eigenvalue weighted by Gasteiger charge is -2.22. The molecule has 0 aromatic heterocycles. The Morgan fingerprint density at radius 2 is 1.50 bits per heavy atom. The van der Waals surface area contributed by atoms with Crippen LogP contribution < -0.4 is 0 Å². The third kappa shape index (κ3) is 1.56. The van der Waals surface area contributed by atoms with Gasteiger partial charge in [-0.3, -0.25) is 0 Å². The van der Waals surface area contributed by atoms with Crippen LogP contribution in [0.25, 0.3) is 0 Å². The molecule has 1 N–H and O–H groups in total. The summed E-state index contributed by atoms with van der Waals surface area (Å²) in [4.78, 5) is 0. The molecule has 0 aromatic rings. The van der Waals surface area contributed by atoms with Crippen molar-refractivity contribution < 1.29 is 27.1 Å². The number of hydrogen-bond acceptors (Lipinski definition) is 1. The van der Waals surface area contributed by atoms with Crippen LogP contribution in [0.3, 0.4) is 0 Å². The first kappa shape index (κ1) is 9.61. The molecule has 0 spiro atoms. The van der Waals surface area contributed by atoms with E-state index in [2.05, 4.69) is 0 Å². The van der Waals surface area contributed by atoms with Crippen LogP contribution in [0.4, 0.5) is 22.0 Å². The van der Waals surface area contributed by atoms with E-state index in [1.165, 1.54) is 0 Å². The topological polar surface area (TPSA) is 20.2 Å². The van der Waals surface area contributed by atoms with Crippen LogP contribution in [0.2, 0.25) is 0 Å². The van der Waals surface area contributed by atoms with Crippen LogP contribution in [0.1, 0.15) is 6.92 Å². The lowest BCUT2D eigenvalue weighted by atomic mass is 10.2. The molecule has 0 saturated heterocycles. The van der Waals surface area contributed by atoms with Crippen molar-refractivity contribution in [3.63, 3.8) is 0 Å². The molecule has 0 rings (SSSR count). The first-order valence-corrected chi connectivity index (χ1v) is 2.31. The highest BCUT2D eigenvalue weighted by atomic mass is 19.4. The molecule has 10 heavy (non-hydrogen) atoms. The van der Waals surface area contributed by atoms with Crippen molar-refractivity contribution in [2.24, 2.45) is 0 Å². The van der Waals surface area contributed by atoms with Gasteiger partial charge in [0.2, 0.25) is 0 Å². The van der Waals surface area contributed by atoms with Crippen molar-refractivity contribution in [3.8, 4) is 0 Å². The van der Waals surface area contributed by atoms with Crippen LogP contribution in [-0.4, -0.2) is 23.3 Å². The van der Waals surface area contributed by atoms with Crippen LogP contribution in [0.5, 0.6) is 0 Å². The highest BCUT2D eigenvalue weighted by Crippen LogP contribution is 2.35. The fourth-order valence-corrected chi connectivity index (χ4v) is 0.226.